The monoisotopic (exact) mass is 275 g/mol. The normalized spacial score (nSPS) is 19.6. The average molecular weight is 275 g/mol. The Hall–Kier alpha value is -0.860. The lowest BCUT2D eigenvalue weighted by Gasteiger charge is -2.26. The van der Waals surface area contributed by atoms with E-state index < -0.39 is 0 Å². The van der Waals surface area contributed by atoms with Crippen LogP contribution in [0.2, 0.25) is 0 Å². The molecule has 2 unspecified atom stereocenters. The fraction of sp³-hybridized carbons (Fsp3) is 0.667. The van der Waals surface area contributed by atoms with Crippen molar-refractivity contribution in [1.82, 2.24) is 5.32 Å². The molecule has 1 aliphatic heterocycles. The molecule has 1 N–H and O–H groups in total. The Balaban J connectivity index is 1.80. The topological polar surface area (TPSA) is 21.3 Å². The van der Waals surface area contributed by atoms with Crippen LogP contribution >= 0.6 is 0 Å². The molecule has 0 radical (unpaired) electrons. The van der Waals surface area contributed by atoms with Crippen LogP contribution in [0.25, 0.3) is 0 Å². The van der Waals surface area contributed by atoms with Crippen molar-refractivity contribution in [2.45, 2.75) is 64.5 Å². The highest BCUT2D eigenvalue weighted by Crippen LogP contribution is 2.30. The average Bonchev–Trinajstić information content (AvgIpc) is 2.51. The highest BCUT2D eigenvalue weighted by atomic mass is 16.5. The summed E-state index contributed by atoms with van der Waals surface area (Å²) in [6, 6.07) is 9.45. The maximum atomic E-state index is 5.98. The highest BCUT2D eigenvalue weighted by molar-refractivity contribution is 5.30. The lowest BCUT2D eigenvalue weighted by atomic mass is 9.93. The van der Waals surface area contributed by atoms with E-state index in [1.807, 2.05) is 0 Å². The molecule has 0 saturated carbocycles. The molecule has 0 spiro atoms. The van der Waals surface area contributed by atoms with Gasteiger partial charge in [-0.25, -0.2) is 0 Å². The third-order valence-corrected chi connectivity index (χ3v) is 4.29. The number of ether oxygens (including phenoxy) is 1. The van der Waals surface area contributed by atoms with Crippen LogP contribution in [0.3, 0.4) is 0 Å². The van der Waals surface area contributed by atoms with Crippen molar-refractivity contribution >= 4 is 0 Å². The second-order valence-electron chi connectivity index (χ2n) is 5.80. The summed E-state index contributed by atoms with van der Waals surface area (Å²) in [5.74, 6) is 0. The van der Waals surface area contributed by atoms with E-state index in [9.17, 15) is 0 Å². The lowest BCUT2D eigenvalue weighted by Crippen LogP contribution is -2.29. The molecular weight excluding hydrogens is 246 g/mol. The molecule has 0 fully saturated rings. The molecule has 0 saturated heterocycles. The minimum Gasteiger partial charge on any atom is -0.373 e. The summed E-state index contributed by atoms with van der Waals surface area (Å²) >= 11 is 0. The largest absolute Gasteiger partial charge is 0.373 e. The van der Waals surface area contributed by atoms with Crippen molar-refractivity contribution < 1.29 is 4.74 Å². The Morgan fingerprint density at radius 1 is 1.30 bits per heavy atom. The van der Waals surface area contributed by atoms with Crippen LogP contribution in [0.5, 0.6) is 0 Å². The fourth-order valence-electron chi connectivity index (χ4n) is 3.06. The number of nitrogens with one attached hydrogen (secondary N) is 1. The Bertz CT molecular complexity index is 391. The van der Waals surface area contributed by atoms with Gasteiger partial charge >= 0.3 is 0 Å². The Kier molecular flexibility index (Phi) is 6.55. The highest BCUT2D eigenvalue weighted by Gasteiger charge is 2.20. The molecule has 0 bridgehead atoms. The zero-order valence-electron chi connectivity index (χ0n) is 13.0. The Morgan fingerprint density at radius 2 is 2.15 bits per heavy atom. The maximum absolute atomic E-state index is 5.98. The van der Waals surface area contributed by atoms with Crippen LogP contribution in [0.1, 0.15) is 63.2 Å². The van der Waals surface area contributed by atoms with Crippen LogP contribution in [-0.4, -0.2) is 19.2 Å². The third-order valence-electron chi connectivity index (χ3n) is 4.29. The molecule has 2 rings (SSSR count). The third kappa shape index (κ3) is 4.32. The molecule has 112 valence electrons. The summed E-state index contributed by atoms with van der Waals surface area (Å²) in [7, 11) is 0. The van der Waals surface area contributed by atoms with Gasteiger partial charge in [-0.05, 0) is 56.2 Å². The van der Waals surface area contributed by atoms with Crippen molar-refractivity contribution in [3.63, 3.8) is 0 Å². The second-order valence-corrected chi connectivity index (χ2v) is 5.80. The van der Waals surface area contributed by atoms with E-state index in [1.165, 1.54) is 36.8 Å². The van der Waals surface area contributed by atoms with Crippen LogP contribution in [0, 0.1) is 0 Å². The molecule has 0 amide bonds. The second kappa shape index (κ2) is 8.43. The predicted molar refractivity (Wildman–Crippen MR) is 85.1 cm³/mol. The van der Waals surface area contributed by atoms with E-state index in [1.54, 1.807) is 0 Å². The van der Waals surface area contributed by atoms with Gasteiger partial charge in [-0.1, -0.05) is 38.1 Å². The predicted octanol–water partition coefficient (Wildman–Crippen LogP) is 4.25. The van der Waals surface area contributed by atoms with Gasteiger partial charge in [-0.15, -0.1) is 0 Å². The summed E-state index contributed by atoms with van der Waals surface area (Å²) in [5.41, 5.74) is 2.91. The Labute approximate surface area is 123 Å². The van der Waals surface area contributed by atoms with Crippen molar-refractivity contribution in [2.75, 3.05) is 13.2 Å². The minimum absolute atomic E-state index is 0.323. The number of benzene rings is 1. The maximum Gasteiger partial charge on any atom is 0.0827 e. The molecule has 2 nitrogen and oxygen atoms in total. The first-order chi connectivity index (χ1) is 9.85. The standard InChI is InChI=1S/C18H29NO/c1-3-13-19-16(4-2)9-7-11-18-17-10-6-5-8-15(17)12-14-20-18/h5-6,8,10,16,18-19H,3-4,7,9,11-14H2,1-2H3. The van der Waals surface area contributed by atoms with E-state index in [0.29, 0.717) is 12.1 Å². The molecule has 20 heavy (non-hydrogen) atoms. The number of hydrogen-bond acceptors (Lipinski definition) is 2. The van der Waals surface area contributed by atoms with Crippen LogP contribution in [-0.2, 0) is 11.2 Å². The summed E-state index contributed by atoms with van der Waals surface area (Å²) in [6.07, 6.45) is 7.50. The number of rotatable bonds is 8. The first-order valence-electron chi connectivity index (χ1n) is 8.28. The van der Waals surface area contributed by atoms with Gasteiger partial charge in [-0.3, -0.25) is 0 Å². The van der Waals surface area contributed by atoms with Crippen LogP contribution in [0.15, 0.2) is 24.3 Å². The van der Waals surface area contributed by atoms with Gasteiger partial charge in [0.15, 0.2) is 0 Å². The van der Waals surface area contributed by atoms with Crippen molar-refractivity contribution in [3.8, 4) is 0 Å². The summed E-state index contributed by atoms with van der Waals surface area (Å²) in [6.45, 7) is 6.53. The van der Waals surface area contributed by atoms with Crippen molar-refractivity contribution in [2.24, 2.45) is 0 Å². The van der Waals surface area contributed by atoms with Crippen molar-refractivity contribution in [1.29, 1.82) is 0 Å². The van der Waals surface area contributed by atoms with Gasteiger partial charge in [0.05, 0.1) is 12.7 Å². The molecule has 2 heteroatoms. The molecule has 0 aliphatic carbocycles. The molecule has 1 aromatic rings. The van der Waals surface area contributed by atoms with Gasteiger partial charge in [0, 0.05) is 6.04 Å². The molecule has 0 aromatic heterocycles. The van der Waals surface area contributed by atoms with Gasteiger partial charge in [0.1, 0.15) is 0 Å². The van der Waals surface area contributed by atoms with Crippen LogP contribution < -0.4 is 5.32 Å². The number of hydrogen-bond donors (Lipinski definition) is 1. The molecule has 1 aromatic carbocycles. The van der Waals surface area contributed by atoms with E-state index >= 15 is 0 Å². The molecular formula is C18H29NO. The minimum atomic E-state index is 0.323. The van der Waals surface area contributed by atoms with E-state index in [4.69, 9.17) is 4.74 Å². The number of fused-ring (bicyclic) bond motifs is 1. The molecule has 1 aliphatic rings. The van der Waals surface area contributed by atoms with Crippen LogP contribution in [0.4, 0.5) is 0 Å². The molecule has 2 atom stereocenters. The Morgan fingerprint density at radius 3 is 2.95 bits per heavy atom. The van der Waals surface area contributed by atoms with E-state index in [0.717, 1.165) is 26.0 Å². The lowest BCUT2D eigenvalue weighted by molar-refractivity contribution is 0.0344. The van der Waals surface area contributed by atoms with Gasteiger partial charge in [-0.2, -0.15) is 0 Å². The zero-order chi connectivity index (χ0) is 14.2. The first-order valence-corrected chi connectivity index (χ1v) is 8.28. The zero-order valence-corrected chi connectivity index (χ0v) is 13.0. The first kappa shape index (κ1) is 15.5. The van der Waals surface area contributed by atoms with Gasteiger partial charge < -0.3 is 10.1 Å². The summed E-state index contributed by atoms with van der Waals surface area (Å²) in [5, 5.41) is 3.64. The van der Waals surface area contributed by atoms with Gasteiger partial charge in [0.2, 0.25) is 0 Å². The fourth-order valence-corrected chi connectivity index (χ4v) is 3.06. The quantitative estimate of drug-likeness (QED) is 0.766. The van der Waals surface area contributed by atoms with E-state index in [2.05, 4.69) is 43.4 Å². The van der Waals surface area contributed by atoms with Crippen molar-refractivity contribution in [3.05, 3.63) is 35.4 Å². The summed E-state index contributed by atoms with van der Waals surface area (Å²) in [4.78, 5) is 0. The summed E-state index contributed by atoms with van der Waals surface area (Å²) < 4.78 is 5.98. The smallest absolute Gasteiger partial charge is 0.0827 e. The van der Waals surface area contributed by atoms with E-state index in [-0.39, 0.29) is 0 Å². The molecule has 1 heterocycles. The SMILES string of the molecule is CCCNC(CC)CCCC1OCCc2ccccc21. The van der Waals surface area contributed by atoms with Gasteiger partial charge in [0.25, 0.3) is 0 Å².